The van der Waals surface area contributed by atoms with Crippen molar-refractivity contribution < 1.29 is 8.78 Å². The van der Waals surface area contributed by atoms with Crippen LogP contribution >= 0.6 is 35.0 Å². The number of hydrogen-bond donors (Lipinski definition) is 0. The summed E-state index contributed by atoms with van der Waals surface area (Å²) in [6, 6.07) is 4.66. The van der Waals surface area contributed by atoms with Crippen LogP contribution in [0.4, 0.5) is 8.78 Å². The second-order valence-electron chi connectivity index (χ2n) is 1.93. The second kappa shape index (κ2) is 4.30. The van der Waals surface area contributed by atoms with Gasteiger partial charge < -0.3 is 0 Å². The van der Waals surface area contributed by atoms with E-state index in [2.05, 4.69) is 0 Å². The van der Waals surface area contributed by atoms with Gasteiger partial charge in [-0.15, -0.1) is 0 Å². The van der Waals surface area contributed by atoms with Crippen LogP contribution in [0, 0.1) is 0 Å². The summed E-state index contributed by atoms with van der Waals surface area (Å²) in [4.78, 5) is 0.232. The van der Waals surface area contributed by atoms with E-state index in [-0.39, 0.29) is 14.9 Å². The zero-order valence-corrected chi connectivity index (χ0v) is 8.06. The van der Waals surface area contributed by atoms with Gasteiger partial charge in [0.15, 0.2) is 0 Å². The maximum Gasteiger partial charge on any atom is 0.289 e. The van der Waals surface area contributed by atoms with Gasteiger partial charge in [-0.1, -0.05) is 41.0 Å². The predicted molar refractivity (Wildman–Crippen MR) is 48.3 cm³/mol. The molecule has 66 valence electrons. The summed E-state index contributed by atoms with van der Waals surface area (Å²) >= 11 is 11.6. The molecular formula is C7H4Cl2F2S. The fourth-order valence-corrected chi connectivity index (χ4v) is 1.89. The Balaban J connectivity index is 2.96. The van der Waals surface area contributed by atoms with Crippen molar-refractivity contribution in [2.75, 3.05) is 0 Å². The first-order valence-corrected chi connectivity index (χ1v) is 4.63. The normalized spacial score (nSPS) is 10.8. The monoisotopic (exact) mass is 228 g/mol. The second-order valence-corrected chi connectivity index (χ2v) is 3.74. The van der Waals surface area contributed by atoms with Gasteiger partial charge in [-0.25, -0.2) is 0 Å². The fourth-order valence-electron chi connectivity index (χ4n) is 0.684. The van der Waals surface area contributed by atoms with Gasteiger partial charge in [0, 0.05) is 0 Å². The van der Waals surface area contributed by atoms with Crippen LogP contribution in [0.15, 0.2) is 23.1 Å². The van der Waals surface area contributed by atoms with Crippen molar-refractivity contribution in [2.24, 2.45) is 0 Å². The van der Waals surface area contributed by atoms with Crippen LogP contribution in [0.1, 0.15) is 0 Å². The molecule has 0 bridgehead atoms. The van der Waals surface area contributed by atoms with Gasteiger partial charge in [0.05, 0.1) is 14.9 Å². The lowest BCUT2D eigenvalue weighted by atomic mass is 10.4. The van der Waals surface area contributed by atoms with Crippen molar-refractivity contribution in [1.29, 1.82) is 0 Å². The third-order valence-corrected chi connectivity index (χ3v) is 2.83. The van der Waals surface area contributed by atoms with Gasteiger partial charge in [-0.05, 0) is 12.1 Å². The lowest BCUT2D eigenvalue weighted by Gasteiger charge is -2.04. The number of benzene rings is 1. The molecule has 0 unspecified atom stereocenters. The van der Waals surface area contributed by atoms with Crippen LogP contribution < -0.4 is 0 Å². The zero-order valence-electron chi connectivity index (χ0n) is 5.73. The number of alkyl halides is 2. The molecule has 0 amide bonds. The van der Waals surface area contributed by atoms with Crippen molar-refractivity contribution in [3.63, 3.8) is 0 Å². The summed E-state index contributed by atoms with van der Waals surface area (Å²) in [5, 5.41) is 0.514. The summed E-state index contributed by atoms with van der Waals surface area (Å²) < 4.78 is 23.9. The predicted octanol–water partition coefficient (Wildman–Crippen LogP) is 4.31. The van der Waals surface area contributed by atoms with Gasteiger partial charge in [0.2, 0.25) is 0 Å². The van der Waals surface area contributed by atoms with Gasteiger partial charge >= 0.3 is 0 Å². The highest BCUT2D eigenvalue weighted by atomic mass is 35.5. The molecule has 0 atom stereocenters. The fraction of sp³-hybridized carbons (Fsp3) is 0.143. The van der Waals surface area contributed by atoms with Crippen molar-refractivity contribution in [3.8, 4) is 0 Å². The molecular weight excluding hydrogens is 225 g/mol. The zero-order chi connectivity index (χ0) is 9.14. The molecule has 0 radical (unpaired) electrons. The van der Waals surface area contributed by atoms with Gasteiger partial charge in [0.1, 0.15) is 0 Å². The summed E-state index contributed by atoms with van der Waals surface area (Å²) in [5.41, 5.74) is 0. The molecule has 0 aromatic heterocycles. The highest BCUT2D eigenvalue weighted by Gasteiger charge is 2.11. The van der Waals surface area contributed by atoms with E-state index in [0.29, 0.717) is 11.8 Å². The lowest BCUT2D eigenvalue weighted by molar-refractivity contribution is 0.252. The molecule has 0 aliphatic rings. The minimum Gasteiger partial charge on any atom is -0.198 e. The molecule has 0 saturated heterocycles. The molecule has 1 aromatic rings. The highest BCUT2D eigenvalue weighted by Crippen LogP contribution is 2.36. The minimum absolute atomic E-state index is 0.232. The van der Waals surface area contributed by atoms with Crippen molar-refractivity contribution in [1.82, 2.24) is 0 Å². The molecule has 1 rings (SSSR count). The SMILES string of the molecule is FC(F)Sc1c(Cl)cccc1Cl. The first-order chi connectivity index (χ1) is 5.61. The molecule has 1 aromatic carbocycles. The molecule has 0 fully saturated rings. The Hall–Kier alpha value is 0.01000. The molecule has 0 nitrogen and oxygen atoms in total. The van der Waals surface area contributed by atoms with Gasteiger partial charge in [0.25, 0.3) is 5.76 Å². The molecule has 12 heavy (non-hydrogen) atoms. The average molecular weight is 229 g/mol. The van der Waals surface area contributed by atoms with E-state index in [1.807, 2.05) is 0 Å². The van der Waals surface area contributed by atoms with E-state index >= 15 is 0 Å². The molecule has 0 heterocycles. The number of thioether (sulfide) groups is 1. The van der Waals surface area contributed by atoms with Crippen LogP contribution in [0.5, 0.6) is 0 Å². The van der Waals surface area contributed by atoms with Gasteiger partial charge in [-0.2, -0.15) is 8.78 Å². The topological polar surface area (TPSA) is 0 Å². The van der Waals surface area contributed by atoms with Crippen LogP contribution in [0.3, 0.4) is 0 Å². The maximum atomic E-state index is 11.9. The minimum atomic E-state index is -2.50. The standard InChI is InChI=1S/C7H4Cl2F2S/c8-4-2-1-3-5(9)6(4)12-7(10)11/h1-3,7H. The maximum absolute atomic E-state index is 11.9. The number of rotatable bonds is 2. The van der Waals surface area contributed by atoms with E-state index in [1.165, 1.54) is 12.1 Å². The van der Waals surface area contributed by atoms with E-state index in [9.17, 15) is 8.78 Å². The molecule has 0 N–H and O–H groups in total. The van der Waals surface area contributed by atoms with Crippen LogP contribution in [0.25, 0.3) is 0 Å². The van der Waals surface area contributed by atoms with Crippen molar-refractivity contribution in [2.45, 2.75) is 10.7 Å². The Morgan fingerprint density at radius 2 is 1.67 bits per heavy atom. The summed E-state index contributed by atoms with van der Waals surface area (Å²) in [5.74, 6) is -2.50. The van der Waals surface area contributed by atoms with E-state index in [4.69, 9.17) is 23.2 Å². The Bertz CT molecular complexity index is 258. The quantitative estimate of drug-likeness (QED) is 0.681. The van der Waals surface area contributed by atoms with E-state index in [0.717, 1.165) is 0 Å². The Morgan fingerprint density at radius 1 is 1.17 bits per heavy atom. The smallest absolute Gasteiger partial charge is 0.198 e. The summed E-state index contributed by atoms with van der Waals surface area (Å²) in [7, 11) is 0. The molecule has 5 heteroatoms. The third kappa shape index (κ3) is 2.51. The summed E-state index contributed by atoms with van der Waals surface area (Å²) in [6.45, 7) is 0. The van der Waals surface area contributed by atoms with E-state index < -0.39 is 5.76 Å². The number of halogens is 4. The van der Waals surface area contributed by atoms with Gasteiger partial charge in [-0.3, -0.25) is 0 Å². The molecule has 0 saturated carbocycles. The molecule has 0 aliphatic carbocycles. The highest BCUT2D eigenvalue weighted by molar-refractivity contribution is 7.99. The Labute approximate surface area is 82.9 Å². The van der Waals surface area contributed by atoms with Crippen molar-refractivity contribution >= 4 is 35.0 Å². The Kier molecular flexibility index (Phi) is 3.62. The molecule has 0 spiro atoms. The number of hydrogen-bond acceptors (Lipinski definition) is 1. The first kappa shape index (κ1) is 10.1. The van der Waals surface area contributed by atoms with Crippen molar-refractivity contribution in [3.05, 3.63) is 28.2 Å². The van der Waals surface area contributed by atoms with Crippen LogP contribution in [-0.2, 0) is 0 Å². The largest absolute Gasteiger partial charge is 0.289 e. The van der Waals surface area contributed by atoms with Crippen LogP contribution in [0.2, 0.25) is 10.0 Å². The average Bonchev–Trinajstić information content (AvgIpc) is 1.97. The lowest BCUT2D eigenvalue weighted by Crippen LogP contribution is -1.83. The third-order valence-electron chi connectivity index (χ3n) is 1.13. The van der Waals surface area contributed by atoms with Crippen LogP contribution in [-0.4, -0.2) is 5.76 Å². The first-order valence-electron chi connectivity index (χ1n) is 3.00. The Morgan fingerprint density at radius 3 is 2.08 bits per heavy atom. The molecule has 0 aliphatic heterocycles. The van der Waals surface area contributed by atoms with E-state index in [1.54, 1.807) is 6.07 Å². The summed E-state index contributed by atoms with van der Waals surface area (Å²) in [6.07, 6.45) is 0.